The van der Waals surface area contributed by atoms with Crippen LogP contribution in [-0.2, 0) is 0 Å². The Morgan fingerprint density at radius 3 is 2.42 bits per heavy atom. The van der Waals surface area contributed by atoms with E-state index in [1.807, 2.05) is 12.1 Å². The van der Waals surface area contributed by atoms with Crippen molar-refractivity contribution >= 4 is 0 Å². The van der Waals surface area contributed by atoms with Gasteiger partial charge in [-0.3, -0.25) is 0 Å². The predicted molar refractivity (Wildman–Crippen MR) is 80.0 cm³/mol. The third-order valence-corrected chi connectivity index (χ3v) is 3.68. The second-order valence-corrected chi connectivity index (χ2v) is 4.93. The van der Waals surface area contributed by atoms with Crippen molar-refractivity contribution in [1.82, 2.24) is 10.2 Å². The summed E-state index contributed by atoms with van der Waals surface area (Å²) in [6, 6.07) is 5.81. The van der Waals surface area contributed by atoms with E-state index in [1.54, 1.807) is 13.0 Å². The second kappa shape index (κ2) is 8.28. The molecule has 1 N–H and O–H groups in total. The maximum atomic E-state index is 13.7. The first-order valence-corrected chi connectivity index (χ1v) is 7.34. The molecule has 0 bridgehead atoms. The standard InChI is InChI=1S/C16H27FN2/c1-5-18-16(10-11-19(6-2)7-3)14-9-8-13(4)15(17)12-14/h8-9,12,16,18H,5-7,10-11H2,1-4H3. The van der Waals surface area contributed by atoms with Crippen LogP contribution in [0.5, 0.6) is 0 Å². The average molecular weight is 266 g/mol. The molecule has 0 fully saturated rings. The highest BCUT2D eigenvalue weighted by Gasteiger charge is 2.13. The maximum absolute atomic E-state index is 13.7. The van der Waals surface area contributed by atoms with E-state index in [2.05, 4.69) is 31.0 Å². The molecule has 0 spiro atoms. The van der Waals surface area contributed by atoms with Gasteiger partial charge in [0.2, 0.25) is 0 Å². The zero-order valence-electron chi connectivity index (χ0n) is 12.7. The van der Waals surface area contributed by atoms with Gasteiger partial charge in [0, 0.05) is 6.04 Å². The fourth-order valence-corrected chi connectivity index (χ4v) is 2.31. The smallest absolute Gasteiger partial charge is 0.126 e. The van der Waals surface area contributed by atoms with E-state index in [1.165, 1.54) is 0 Å². The van der Waals surface area contributed by atoms with Crippen LogP contribution in [0.2, 0.25) is 0 Å². The average Bonchev–Trinajstić information content (AvgIpc) is 2.42. The third-order valence-electron chi connectivity index (χ3n) is 3.68. The zero-order valence-corrected chi connectivity index (χ0v) is 12.7. The van der Waals surface area contributed by atoms with E-state index < -0.39 is 0 Å². The molecule has 0 aromatic heterocycles. The molecule has 0 aliphatic carbocycles. The molecule has 0 aliphatic heterocycles. The van der Waals surface area contributed by atoms with Crippen LogP contribution < -0.4 is 5.32 Å². The van der Waals surface area contributed by atoms with Gasteiger partial charge in [0.1, 0.15) is 5.82 Å². The Morgan fingerprint density at radius 1 is 1.21 bits per heavy atom. The quantitative estimate of drug-likeness (QED) is 0.774. The summed E-state index contributed by atoms with van der Waals surface area (Å²) in [7, 11) is 0. The maximum Gasteiger partial charge on any atom is 0.126 e. The number of aryl methyl sites for hydroxylation is 1. The van der Waals surface area contributed by atoms with Crippen LogP contribution in [-0.4, -0.2) is 31.1 Å². The number of hydrogen-bond acceptors (Lipinski definition) is 2. The Balaban J connectivity index is 2.73. The first-order chi connectivity index (χ1) is 9.12. The van der Waals surface area contributed by atoms with Crippen LogP contribution >= 0.6 is 0 Å². The van der Waals surface area contributed by atoms with Gasteiger partial charge in [-0.2, -0.15) is 0 Å². The van der Waals surface area contributed by atoms with Crippen molar-refractivity contribution in [3.8, 4) is 0 Å². The summed E-state index contributed by atoms with van der Waals surface area (Å²) < 4.78 is 13.7. The molecule has 19 heavy (non-hydrogen) atoms. The van der Waals surface area contributed by atoms with Gasteiger partial charge in [-0.15, -0.1) is 0 Å². The van der Waals surface area contributed by atoms with E-state index in [0.29, 0.717) is 5.56 Å². The number of rotatable bonds is 8. The van der Waals surface area contributed by atoms with Gasteiger partial charge >= 0.3 is 0 Å². The van der Waals surface area contributed by atoms with Crippen molar-refractivity contribution in [2.75, 3.05) is 26.2 Å². The van der Waals surface area contributed by atoms with Gasteiger partial charge in [0.15, 0.2) is 0 Å². The van der Waals surface area contributed by atoms with Crippen LogP contribution in [0.1, 0.15) is 44.4 Å². The molecule has 0 radical (unpaired) electrons. The first kappa shape index (κ1) is 16.1. The molecular formula is C16H27FN2. The van der Waals surface area contributed by atoms with Crippen molar-refractivity contribution in [3.63, 3.8) is 0 Å². The van der Waals surface area contributed by atoms with E-state index in [-0.39, 0.29) is 11.9 Å². The van der Waals surface area contributed by atoms with E-state index >= 15 is 0 Å². The Kier molecular flexibility index (Phi) is 7.03. The van der Waals surface area contributed by atoms with Crippen molar-refractivity contribution in [1.29, 1.82) is 0 Å². The highest BCUT2D eigenvalue weighted by molar-refractivity contribution is 5.25. The lowest BCUT2D eigenvalue weighted by Crippen LogP contribution is -2.29. The largest absolute Gasteiger partial charge is 0.310 e. The zero-order chi connectivity index (χ0) is 14.3. The van der Waals surface area contributed by atoms with Crippen LogP contribution in [0.3, 0.4) is 0 Å². The third kappa shape index (κ3) is 4.92. The van der Waals surface area contributed by atoms with Crippen molar-refractivity contribution in [3.05, 3.63) is 35.1 Å². The van der Waals surface area contributed by atoms with Crippen LogP contribution in [0.4, 0.5) is 4.39 Å². The second-order valence-electron chi connectivity index (χ2n) is 4.93. The number of nitrogens with zero attached hydrogens (tertiary/aromatic N) is 1. The first-order valence-electron chi connectivity index (χ1n) is 7.34. The lowest BCUT2D eigenvalue weighted by molar-refractivity contribution is 0.282. The molecule has 0 aliphatic rings. The summed E-state index contributed by atoms with van der Waals surface area (Å²) in [6.07, 6.45) is 1.01. The minimum atomic E-state index is -0.108. The number of benzene rings is 1. The lowest BCUT2D eigenvalue weighted by Gasteiger charge is -2.24. The molecule has 1 unspecified atom stereocenters. The monoisotopic (exact) mass is 266 g/mol. The molecule has 2 nitrogen and oxygen atoms in total. The highest BCUT2D eigenvalue weighted by Crippen LogP contribution is 2.20. The van der Waals surface area contributed by atoms with Crippen LogP contribution in [0.25, 0.3) is 0 Å². The fraction of sp³-hybridized carbons (Fsp3) is 0.625. The van der Waals surface area contributed by atoms with Gasteiger partial charge in [0.05, 0.1) is 0 Å². The van der Waals surface area contributed by atoms with Crippen molar-refractivity contribution in [2.45, 2.75) is 40.2 Å². The topological polar surface area (TPSA) is 15.3 Å². The molecule has 1 aromatic rings. The molecular weight excluding hydrogens is 239 g/mol. The van der Waals surface area contributed by atoms with Crippen LogP contribution in [0, 0.1) is 12.7 Å². The summed E-state index contributed by atoms with van der Waals surface area (Å²) in [5, 5.41) is 3.46. The Morgan fingerprint density at radius 2 is 1.89 bits per heavy atom. The fourth-order valence-electron chi connectivity index (χ4n) is 2.31. The Bertz CT molecular complexity index is 375. The molecule has 0 heterocycles. The normalized spacial score (nSPS) is 12.9. The minimum absolute atomic E-state index is 0.108. The summed E-state index contributed by atoms with van der Waals surface area (Å²) in [5.74, 6) is -0.108. The molecule has 0 saturated heterocycles. The van der Waals surface area contributed by atoms with Gasteiger partial charge < -0.3 is 10.2 Å². The molecule has 0 amide bonds. The predicted octanol–water partition coefficient (Wildman–Crippen LogP) is 3.52. The van der Waals surface area contributed by atoms with E-state index in [4.69, 9.17) is 0 Å². The number of hydrogen-bond donors (Lipinski definition) is 1. The molecule has 3 heteroatoms. The van der Waals surface area contributed by atoms with E-state index in [9.17, 15) is 4.39 Å². The van der Waals surface area contributed by atoms with Crippen molar-refractivity contribution in [2.24, 2.45) is 0 Å². The molecule has 0 saturated carbocycles. The summed E-state index contributed by atoms with van der Waals surface area (Å²) in [4.78, 5) is 2.40. The highest BCUT2D eigenvalue weighted by atomic mass is 19.1. The summed E-state index contributed by atoms with van der Waals surface area (Å²) >= 11 is 0. The SMILES string of the molecule is CCNC(CCN(CC)CC)c1ccc(C)c(F)c1. The molecule has 1 aromatic carbocycles. The minimum Gasteiger partial charge on any atom is -0.310 e. The molecule has 1 rings (SSSR count). The molecule has 108 valence electrons. The Hall–Kier alpha value is -0.930. The van der Waals surface area contributed by atoms with Gasteiger partial charge in [-0.1, -0.05) is 32.9 Å². The van der Waals surface area contributed by atoms with E-state index in [0.717, 1.165) is 38.2 Å². The number of nitrogens with one attached hydrogen (secondary N) is 1. The van der Waals surface area contributed by atoms with Gasteiger partial charge in [-0.25, -0.2) is 4.39 Å². The number of halogens is 1. The van der Waals surface area contributed by atoms with Gasteiger partial charge in [0.25, 0.3) is 0 Å². The summed E-state index contributed by atoms with van der Waals surface area (Å²) in [5.41, 5.74) is 1.76. The summed E-state index contributed by atoms with van der Waals surface area (Å²) in [6.45, 7) is 12.3. The van der Waals surface area contributed by atoms with Crippen molar-refractivity contribution < 1.29 is 4.39 Å². The lowest BCUT2D eigenvalue weighted by atomic mass is 10.0. The Labute approximate surface area is 117 Å². The molecule has 1 atom stereocenters. The van der Waals surface area contributed by atoms with Crippen LogP contribution in [0.15, 0.2) is 18.2 Å². The van der Waals surface area contributed by atoms with Gasteiger partial charge in [-0.05, 0) is 56.7 Å².